The fraction of sp³-hybridized carbons (Fsp3) is 0.190. The van der Waals surface area contributed by atoms with Gasteiger partial charge in [-0.2, -0.15) is 0 Å². The Morgan fingerprint density at radius 2 is 1.79 bits per heavy atom. The molecule has 0 bridgehead atoms. The molecule has 0 aliphatic heterocycles. The van der Waals surface area contributed by atoms with E-state index in [9.17, 15) is 5.11 Å². The highest BCUT2D eigenvalue weighted by Crippen LogP contribution is 2.26. The van der Waals surface area contributed by atoms with Crippen molar-refractivity contribution in [1.82, 2.24) is 4.98 Å². The minimum Gasteiger partial charge on any atom is -0.489 e. The second kappa shape index (κ2) is 7.28. The van der Waals surface area contributed by atoms with Crippen molar-refractivity contribution >= 4 is 0 Å². The highest BCUT2D eigenvalue weighted by Gasteiger charge is 2.15. The summed E-state index contributed by atoms with van der Waals surface area (Å²) in [5.41, 5.74) is 4.68. The predicted molar refractivity (Wildman–Crippen MR) is 95.0 cm³/mol. The van der Waals surface area contributed by atoms with Crippen LogP contribution in [0.15, 0.2) is 66.9 Å². The fourth-order valence-electron chi connectivity index (χ4n) is 2.65. The van der Waals surface area contributed by atoms with Crippen LogP contribution in [0.4, 0.5) is 0 Å². The zero-order chi connectivity index (χ0) is 16.9. The number of rotatable bonds is 5. The molecule has 3 heteroatoms. The van der Waals surface area contributed by atoms with E-state index in [4.69, 9.17) is 4.74 Å². The van der Waals surface area contributed by atoms with Crippen LogP contribution in [0.5, 0.6) is 5.75 Å². The molecule has 0 amide bonds. The first-order valence-electron chi connectivity index (χ1n) is 8.02. The van der Waals surface area contributed by atoms with Crippen molar-refractivity contribution in [3.8, 4) is 5.75 Å². The number of hydrogen-bond donors (Lipinski definition) is 1. The van der Waals surface area contributed by atoms with Crippen LogP contribution in [0.3, 0.4) is 0 Å². The zero-order valence-corrected chi connectivity index (χ0v) is 13.9. The SMILES string of the molecule is Cc1ccc(C)c(OCc2ccccc2C(O)c2ccccn2)c1. The second-order valence-electron chi connectivity index (χ2n) is 5.91. The van der Waals surface area contributed by atoms with Gasteiger partial charge in [-0.1, -0.05) is 42.5 Å². The first kappa shape index (κ1) is 16.2. The van der Waals surface area contributed by atoms with Gasteiger partial charge in [0, 0.05) is 6.20 Å². The third-order valence-corrected chi connectivity index (χ3v) is 4.04. The van der Waals surface area contributed by atoms with Gasteiger partial charge in [-0.3, -0.25) is 4.98 Å². The van der Waals surface area contributed by atoms with Gasteiger partial charge in [0.25, 0.3) is 0 Å². The molecule has 3 rings (SSSR count). The van der Waals surface area contributed by atoms with Crippen molar-refractivity contribution in [3.05, 3.63) is 94.8 Å². The quantitative estimate of drug-likeness (QED) is 0.760. The molecule has 0 spiro atoms. The van der Waals surface area contributed by atoms with Crippen molar-refractivity contribution in [1.29, 1.82) is 0 Å². The highest BCUT2D eigenvalue weighted by molar-refractivity contribution is 5.37. The first-order chi connectivity index (χ1) is 11.6. The zero-order valence-electron chi connectivity index (χ0n) is 13.9. The number of aryl methyl sites for hydroxylation is 2. The van der Waals surface area contributed by atoms with Crippen LogP contribution in [0.1, 0.15) is 34.1 Å². The Balaban J connectivity index is 1.83. The fourth-order valence-corrected chi connectivity index (χ4v) is 2.65. The number of ether oxygens (including phenoxy) is 1. The molecule has 0 radical (unpaired) electrons. The van der Waals surface area contributed by atoms with Crippen LogP contribution >= 0.6 is 0 Å². The monoisotopic (exact) mass is 319 g/mol. The summed E-state index contributed by atoms with van der Waals surface area (Å²) in [6, 6.07) is 19.5. The number of nitrogens with zero attached hydrogens (tertiary/aromatic N) is 1. The van der Waals surface area contributed by atoms with E-state index in [1.165, 1.54) is 0 Å². The molecule has 1 unspecified atom stereocenters. The summed E-state index contributed by atoms with van der Waals surface area (Å²) in [4.78, 5) is 4.25. The summed E-state index contributed by atoms with van der Waals surface area (Å²) in [5.74, 6) is 0.872. The lowest BCUT2D eigenvalue weighted by Crippen LogP contribution is -2.08. The number of aliphatic hydroxyl groups is 1. The summed E-state index contributed by atoms with van der Waals surface area (Å²) in [7, 11) is 0. The molecule has 3 nitrogen and oxygen atoms in total. The third kappa shape index (κ3) is 3.63. The van der Waals surface area contributed by atoms with Gasteiger partial charge in [0.1, 0.15) is 18.5 Å². The van der Waals surface area contributed by atoms with Crippen molar-refractivity contribution < 1.29 is 9.84 Å². The normalized spacial score (nSPS) is 12.0. The average Bonchev–Trinajstić information content (AvgIpc) is 2.63. The molecule has 1 N–H and O–H groups in total. The van der Waals surface area contributed by atoms with E-state index < -0.39 is 6.10 Å². The Kier molecular flexibility index (Phi) is 4.92. The standard InChI is InChI=1S/C21H21NO2/c1-15-10-11-16(2)20(13-15)24-14-17-7-3-4-8-18(17)21(23)19-9-5-6-12-22-19/h3-13,21,23H,14H2,1-2H3. The lowest BCUT2D eigenvalue weighted by atomic mass is 10.0. The molecular formula is C21H21NO2. The molecule has 122 valence electrons. The number of benzene rings is 2. The molecule has 0 aliphatic rings. The molecule has 2 aromatic carbocycles. The van der Waals surface area contributed by atoms with Crippen LogP contribution in [-0.2, 0) is 6.61 Å². The summed E-state index contributed by atoms with van der Waals surface area (Å²) in [6.07, 6.45) is 0.929. The van der Waals surface area contributed by atoms with Gasteiger partial charge < -0.3 is 9.84 Å². The molecule has 3 aromatic rings. The maximum absolute atomic E-state index is 10.7. The number of pyridine rings is 1. The maximum atomic E-state index is 10.7. The lowest BCUT2D eigenvalue weighted by Gasteiger charge is -2.16. The summed E-state index contributed by atoms with van der Waals surface area (Å²) in [6.45, 7) is 4.48. The van der Waals surface area contributed by atoms with Crippen LogP contribution < -0.4 is 4.74 Å². The molecule has 1 aromatic heterocycles. The first-order valence-corrected chi connectivity index (χ1v) is 8.02. The van der Waals surface area contributed by atoms with Gasteiger partial charge in [0.2, 0.25) is 0 Å². The molecule has 0 saturated carbocycles. The Bertz CT molecular complexity index is 815. The van der Waals surface area contributed by atoms with Gasteiger partial charge in [-0.05, 0) is 54.3 Å². The van der Waals surface area contributed by atoms with E-state index in [1.807, 2.05) is 62.4 Å². The molecule has 1 atom stereocenters. The van der Waals surface area contributed by atoms with Gasteiger partial charge in [0.15, 0.2) is 0 Å². The minimum absolute atomic E-state index is 0.407. The molecule has 1 heterocycles. The van der Waals surface area contributed by atoms with E-state index >= 15 is 0 Å². The molecule has 0 saturated heterocycles. The van der Waals surface area contributed by atoms with Crippen LogP contribution in [0, 0.1) is 13.8 Å². The van der Waals surface area contributed by atoms with E-state index in [0.717, 1.165) is 28.0 Å². The maximum Gasteiger partial charge on any atom is 0.122 e. The second-order valence-corrected chi connectivity index (χ2v) is 5.91. The third-order valence-electron chi connectivity index (χ3n) is 4.04. The Morgan fingerprint density at radius 3 is 2.58 bits per heavy atom. The van der Waals surface area contributed by atoms with E-state index in [-0.39, 0.29) is 0 Å². The topological polar surface area (TPSA) is 42.4 Å². The molecule has 0 fully saturated rings. The molecular weight excluding hydrogens is 298 g/mol. The van der Waals surface area contributed by atoms with Crippen molar-refractivity contribution in [2.24, 2.45) is 0 Å². The number of hydrogen-bond acceptors (Lipinski definition) is 3. The van der Waals surface area contributed by atoms with Gasteiger partial charge in [-0.25, -0.2) is 0 Å². The predicted octanol–water partition coefficient (Wildman–Crippen LogP) is 4.36. The number of aromatic nitrogens is 1. The Morgan fingerprint density at radius 1 is 1.00 bits per heavy atom. The van der Waals surface area contributed by atoms with Gasteiger partial charge in [0.05, 0.1) is 5.69 Å². The highest BCUT2D eigenvalue weighted by atomic mass is 16.5. The van der Waals surface area contributed by atoms with Crippen LogP contribution in [-0.4, -0.2) is 10.1 Å². The molecule has 0 aliphatic carbocycles. The van der Waals surface area contributed by atoms with Gasteiger partial charge in [-0.15, -0.1) is 0 Å². The summed E-state index contributed by atoms with van der Waals surface area (Å²) in [5, 5.41) is 10.7. The Hall–Kier alpha value is -2.65. The smallest absolute Gasteiger partial charge is 0.122 e. The molecule has 24 heavy (non-hydrogen) atoms. The lowest BCUT2D eigenvalue weighted by molar-refractivity contribution is 0.210. The van der Waals surface area contributed by atoms with Gasteiger partial charge >= 0.3 is 0 Å². The minimum atomic E-state index is -0.760. The number of aliphatic hydroxyl groups excluding tert-OH is 1. The van der Waals surface area contributed by atoms with Crippen molar-refractivity contribution in [2.75, 3.05) is 0 Å². The summed E-state index contributed by atoms with van der Waals surface area (Å²) >= 11 is 0. The summed E-state index contributed by atoms with van der Waals surface area (Å²) < 4.78 is 6.00. The van der Waals surface area contributed by atoms with Crippen molar-refractivity contribution in [3.63, 3.8) is 0 Å². The van der Waals surface area contributed by atoms with E-state index in [2.05, 4.69) is 17.1 Å². The average molecular weight is 319 g/mol. The van der Waals surface area contributed by atoms with Crippen LogP contribution in [0.2, 0.25) is 0 Å². The van der Waals surface area contributed by atoms with E-state index in [1.54, 1.807) is 6.20 Å². The Labute approximate surface area is 142 Å². The largest absolute Gasteiger partial charge is 0.489 e. The van der Waals surface area contributed by atoms with Crippen LogP contribution in [0.25, 0.3) is 0 Å². The van der Waals surface area contributed by atoms with E-state index in [0.29, 0.717) is 12.3 Å². The van der Waals surface area contributed by atoms with Crippen molar-refractivity contribution in [2.45, 2.75) is 26.6 Å².